The fourth-order valence-electron chi connectivity index (χ4n) is 14.9. The summed E-state index contributed by atoms with van der Waals surface area (Å²) in [6.07, 6.45) is 3.69. The highest BCUT2D eigenvalue weighted by Crippen LogP contribution is 2.41. The van der Waals surface area contributed by atoms with Crippen molar-refractivity contribution in [2.24, 2.45) is 9.98 Å². The van der Waals surface area contributed by atoms with Gasteiger partial charge in [-0.1, -0.05) is 47.2 Å². The minimum Gasteiger partial charge on any atom is -0.480 e. The van der Waals surface area contributed by atoms with E-state index in [0.29, 0.717) is 145 Å². The number of aryl methyl sites for hydroxylation is 2. The number of aliphatic carboxylic acids is 1. The largest absolute Gasteiger partial charge is 0.480 e. The molecule has 9 heterocycles. The van der Waals surface area contributed by atoms with E-state index >= 15 is 0 Å². The number of anilines is 1. The molecule has 14 rings (SSSR count). The Labute approximate surface area is 650 Å². The van der Waals surface area contributed by atoms with E-state index in [0.717, 1.165) is 16.7 Å². The highest BCUT2D eigenvalue weighted by Gasteiger charge is 2.48. The Morgan fingerprint density at radius 2 is 1.16 bits per heavy atom. The summed E-state index contributed by atoms with van der Waals surface area (Å²) in [5.41, 5.74) is 5.37. The number of halogens is 4. The monoisotopic (exact) mass is 1570 g/mol. The zero-order valence-electron chi connectivity index (χ0n) is 61.2. The third-order valence-electron chi connectivity index (χ3n) is 20.6. The maximum Gasteiger partial charge on any atom is 0.338 e. The van der Waals surface area contributed by atoms with Gasteiger partial charge in [-0.25, -0.2) is 42.7 Å². The predicted octanol–water partition coefficient (Wildman–Crippen LogP) is 10.1. The molecule has 7 aromatic rings. The summed E-state index contributed by atoms with van der Waals surface area (Å²) >= 11 is 15.8. The Balaban J connectivity index is 0.000000197. The van der Waals surface area contributed by atoms with Crippen LogP contribution in [0.2, 0.25) is 10.0 Å². The summed E-state index contributed by atoms with van der Waals surface area (Å²) in [6.45, 7) is 12.6. The van der Waals surface area contributed by atoms with Gasteiger partial charge in [0.25, 0.3) is 5.91 Å². The van der Waals surface area contributed by atoms with Gasteiger partial charge >= 0.3 is 35.9 Å². The number of aromatic nitrogens is 2. The van der Waals surface area contributed by atoms with Crippen molar-refractivity contribution in [3.05, 3.63) is 213 Å². The van der Waals surface area contributed by atoms with Gasteiger partial charge in [-0.05, 0) is 137 Å². The number of hydrogen-bond donors (Lipinski definition) is 4. The van der Waals surface area contributed by atoms with Gasteiger partial charge in [0.1, 0.15) is 46.8 Å². The smallest absolute Gasteiger partial charge is 0.338 e. The van der Waals surface area contributed by atoms with E-state index in [1.165, 1.54) is 73.3 Å². The standard InChI is InChI=1S/C42H42ClFN8O7S.C36H36ClFN6O5S/c1-48-20-27(19-34(48)40(54)55)49(2)39(53)24-4-9-29(10-5-24)59-30-11-7-26(8-12-30)52-22-28-21-50(15-16-51(28)42(52)57)23-33-35(41(56)58-3)36(31-13-6-25(44)18-32(31)43)47-37(46-33)38-45-14-17-60-38;1-20-14-22(33(45)46)15-21(2)25(20)8-9-36(3,4)44-18-24-17-42(11-12-43(24)35(44)48)19-28-29(34(47)49-5)30(26-7-6-23(38)16-27(26)37)41-31(40-28)32-39-10-13-50-32/h4-14,17-18,27-28,34,36H,15-16,19-23H2,1-3H3,(H,46,47)(H,54,55);6-7,10,13-16,24,30H,11-12,17-19H2,1-5H3,(H,40,41)(H,45,46)/t27-,28-,34+,36-;24-,30-/m00/s1. The van der Waals surface area contributed by atoms with Crippen LogP contribution in [-0.4, -0.2) is 238 Å². The van der Waals surface area contributed by atoms with Crippen molar-refractivity contribution in [1.82, 2.24) is 54.9 Å². The van der Waals surface area contributed by atoms with Crippen LogP contribution in [0, 0.1) is 37.3 Å². The van der Waals surface area contributed by atoms with Crippen LogP contribution in [0.4, 0.5) is 24.1 Å². The molecule has 5 amide bonds. The van der Waals surface area contributed by atoms with Gasteiger partial charge in [-0.15, -0.1) is 22.7 Å². The number of amidine groups is 2. The zero-order chi connectivity index (χ0) is 78.1. The molecule has 7 aliphatic rings. The van der Waals surface area contributed by atoms with Gasteiger partial charge < -0.3 is 54.7 Å². The second-order valence-electron chi connectivity index (χ2n) is 28.1. The van der Waals surface area contributed by atoms with Crippen molar-refractivity contribution in [1.29, 1.82) is 0 Å². The SMILES string of the molecule is COC(=O)C1=C(CN2CCN3C(=O)N(C(C)(C)C#Cc4c(C)cc(C(=O)O)cc4C)C[C@@H]3C2)NC(c2nccs2)=N[C@H]1c1ccc(F)cc1Cl.COC(=O)C1=C(CN2CCN3C(=O)N(c4ccc(Oc5ccc(C(=O)N(C)[C@H]6C[C@H](C(=O)O)N(C)C6)cc5)cc4)C[C@@H]3C2)NC(c2nccs2)=N[C@H]1c1ccc(F)cc1Cl. The predicted molar refractivity (Wildman–Crippen MR) is 410 cm³/mol. The van der Waals surface area contributed by atoms with Crippen molar-refractivity contribution in [3.8, 4) is 23.3 Å². The molecular weight excluding hydrogens is 1500 g/mol. The number of urea groups is 2. The van der Waals surface area contributed by atoms with Gasteiger partial charge in [0.2, 0.25) is 0 Å². The molecule has 0 spiro atoms. The third kappa shape index (κ3) is 16.3. The lowest BCUT2D eigenvalue weighted by molar-refractivity contribution is -0.142. The summed E-state index contributed by atoms with van der Waals surface area (Å²) in [5, 5.41) is 30.7. The number of fused-ring (bicyclic) bond motifs is 2. The summed E-state index contributed by atoms with van der Waals surface area (Å²) in [4.78, 5) is 124. The van der Waals surface area contributed by atoms with Crippen LogP contribution >= 0.6 is 45.9 Å². The molecule has 0 radical (unpaired) electrons. The van der Waals surface area contributed by atoms with Gasteiger partial charge in [0.15, 0.2) is 21.7 Å². The number of benzene rings is 5. The Bertz CT molecular complexity index is 4960. The van der Waals surface area contributed by atoms with Gasteiger partial charge in [0, 0.05) is 158 Å². The van der Waals surface area contributed by atoms with Gasteiger partial charge in [0.05, 0.1) is 43.0 Å². The molecule has 2 aromatic heterocycles. The molecule has 6 atom stereocenters. The lowest BCUT2D eigenvalue weighted by Gasteiger charge is -2.38. The molecular formula is C78H78Cl2F2N14O12S2. The minimum atomic E-state index is -0.994. The summed E-state index contributed by atoms with van der Waals surface area (Å²) in [7, 11) is 6.04. The van der Waals surface area contributed by atoms with Gasteiger partial charge in [-0.2, -0.15) is 0 Å². The number of carbonyl (C=O) groups excluding carboxylic acids is 5. The number of aromatic carboxylic acids is 1. The average Bonchev–Trinajstić information content (AvgIpc) is 1.51. The number of esters is 2. The average molecular weight is 1580 g/mol. The molecule has 5 aromatic carbocycles. The van der Waals surface area contributed by atoms with E-state index in [-0.39, 0.29) is 62.8 Å². The third-order valence-corrected chi connectivity index (χ3v) is 22.8. The maximum atomic E-state index is 14.1. The number of carboxylic acids is 2. The number of carboxylic acid groups (broad SMARTS) is 2. The molecule has 110 heavy (non-hydrogen) atoms. The number of carbonyl (C=O) groups is 7. The van der Waals surface area contributed by atoms with Crippen LogP contribution in [0.3, 0.4) is 0 Å². The molecule has 0 aliphatic carbocycles. The maximum absolute atomic E-state index is 14.1. The summed E-state index contributed by atoms with van der Waals surface area (Å²) in [6, 6.07) is 22.2. The molecule has 0 unspecified atom stereocenters. The normalized spacial score (nSPS) is 20.8. The molecule has 5 fully saturated rings. The molecule has 4 N–H and O–H groups in total. The zero-order valence-corrected chi connectivity index (χ0v) is 64.3. The number of nitrogens with one attached hydrogen (secondary N) is 2. The number of amides is 5. The van der Waals surface area contributed by atoms with Crippen LogP contribution in [0.25, 0.3) is 0 Å². The van der Waals surface area contributed by atoms with Gasteiger partial charge in [-0.3, -0.25) is 39.2 Å². The van der Waals surface area contributed by atoms with Crippen LogP contribution in [0.15, 0.2) is 153 Å². The molecule has 0 saturated carbocycles. The number of hydrogen-bond acceptors (Lipinski definition) is 21. The lowest BCUT2D eigenvalue weighted by atomic mass is 9.95. The second kappa shape index (κ2) is 32.5. The number of likely N-dealkylation sites (tertiary alicyclic amines) is 1. The van der Waals surface area contributed by atoms with Crippen molar-refractivity contribution >= 4 is 105 Å². The van der Waals surface area contributed by atoms with E-state index in [4.69, 9.17) is 47.4 Å². The summed E-state index contributed by atoms with van der Waals surface area (Å²) in [5.74, 6) is 4.19. The van der Waals surface area contributed by atoms with E-state index < -0.39 is 59.2 Å². The molecule has 32 heteroatoms. The first-order valence-electron chi connectivity index (χ1n) is 35.2. The quantitative estimate of drug-likeness (QED) is 0.0459. The number of aliphatic imine (C=N–C) groups is 2. The Morgan fingerprint density at radius 1 is 0.664 bits per heavy atom. The number of methoxy groups -OCH3 is 2. The molecule has 26 nitrogen and oxygen atoms in total. The second-order valence-corrected chi connectivity index (χ2v) is 30.7. The fourth-order valence-corrected chi connectivity index (χ4v) is 16.6. The number of nitrogens with zero attached hydrogens (tertiary/aromatic N) is 12. The summed E-state index contributed by atoms with van der Waals surface area (Å²) < 4.78 is 44.7. The number of thiazole rings is 2. The van der Waals surface area contributed by atoms with Crippen molar-refractivity contribution in [2.75, 3.05) is 105 Å². The number of ether oxygens (including phenoxy) is 3. The van der Waals surface area contributed by atoms with E-state index in [2.05, 4.69) is 42.2 Å². The highest BCUT2D eigenvalue weighted by atomic mass is 35.5. The van der Waals surface area contributed by atoms with E-state index in [1.54, 1.807) is 94.6 Å². The minimum absolute atomic E-state index is 0.0990. The topological polar surface area (TPSA) is 288 Å². The lowest BCUT2D eigenvalue weighted by Crippen LogP contribution is -2.53. The van der Waals surface area contributed by atoms with Crippen molar-refractivity contribution < 1.29 is 66.8 Å². The van der Waals surface area contributed by atoms with E-state index in [9.17, 15) is 52.6 Å². The first-order valence-corrected chi connectivity index (χ1v) is 37.8. The number of likely N-dealkylation sites (N-methyl/N-ethyl adjacent to an activating group) is 2. The number of piperazine rings is 2. The first kappa shape index (κ1) is 77.5. The Hall–Kier alpha value is -10.7. The highest BCUT2D eigenvalue weighted by molar-refractivity contribution is 7.12. The molecule has 572 valence electrons. The molecule has 0 bridgehead atoms. The fraction of sp³-hybridized carbons (Fsp3) is 0.346. The van der Waals surface area contributed by atoms with Crippen LogP contribution in [0.1, 0.15) is 90.9 Å². The Kier molecular flexibility index (Phi) is 22.9. The first-order chi connectivity index (χ1) is 52.6. The van der Waals surface area contributed by atoms with Crippen molar-refractivity contribution in [3.63, 3.8) is 0 Å². The van der Waals surface area contributed by atoms with E-state index in [1.807, 2.05) is 60.4 Å². The van der Waals surface area contributed by atoms with Crippen LogP contribution in [-0.2, 0) is 23.9 Å². The van der Waals surface area contributed by atoms with Crippen molar-refractivity contribution in [2.45, 2.75) is 75.9 Å². The van der Waals surface area contributed by atoms with Crippen LogP contribution < -0.4 is 20.3 Å². The molecule has 5 saturated heterocycles. The number of rotatable bonds is 18. The Morgan fingerprint density at radius 3 is 1.63 bits per heavy atom. The molecule has 7 aliphatic heterocycles. The van der Waals surface area contributed by atoms with Crippen LogP contribution in [0.5, 0.6) is 11.5 Å².